The maximum Gasteiger partial charge on any atom is 0.245 e. The number of hydrogen-bond acceptors (Lipinski definition) is 3. The van der Waals surface area contributed by atoms with Crippen molar-refractivity contribution in [2.24, 2.45) is 0 Å². The molecule has 7 heteroatoms. The van der Waals surface area contributed by atoms with Gasteiger partial charge in [-0.15, -0.1) is 0 Å². The lowest BCUT2D eigenvalue weighted by Gasteiger charge is -2.22. The van der Waals surface area contributed by atoms with E-state index >= 15 is 0 Å². The van der Waals surface area contributed by atoms with Gasteiger partial charge in [0.1, 0.15) is 6.54 Å². The normalized spacial score (nSPS) is 12.9. The minimum absolute atomic E-state index is 0.316. The molecule has 28 heavy (non-hydrogen) atoms. The van der Waals surface area contributed by atoms with E-state index in [1.165, 1.54) is 16.5 Å². The molecule has 144 valence electrons. The second-order valence-electron chi connectivity index (χ2n) is 6.91. The molecule has 1 aliphatic rings. The van der Waals surface area contributed by atoms with Crippen LogP contribution in [0.3, 0.4) is 0 Å². The van der Waals surface area contributed by atoms with Crippen LogP contribution in [0.25, 0.3) is 10.8 Å². The third-order valence-corrected chi connectivity index (χ3v) is 6.35. The number of nitrogens with zero attached hydrogens (tertiary/aromatic N) is 1. The molecule has 5 nitrogen and oxygen atoms in total. The summed E-state index contributed by atoms with van der Waals surface area (Å²) in [5, 5.41) is 5.55. The summed E-state index contributed by atoms with van der Waals surface area (Å²) in [5.41, 5.74) is 3.64. The number of benzene rings is 3. The van der Waals surface area contributed by atoms with Crippen molar-refractivity contribution in [1.82, 2.24) is 0 Å². The Morgan fingerprint density at radius 1 is 1.04 bits per heavy atom. The summed E-state index contributed by atoms with van der Waals surface area (Å²) >= 11 is 5.88. The lowest BCUT2D eigenvalue weighted by atomic mass is 10.0. The molecule has 0 saturated heterocycles. The van der Waals surface area contributed by atoms with Crippen LogP contribution in [0, 0.1) is 0 Å². The molecule has 0 fully saturated rings. The predicted octanol–water partition coefficient (Wildman–Crippen LogP) is 4.00. The number of amides is 1. The summed E-state index contributed by atoms with van der Waals surface area (Å²) in [5.74, 6) is -0.404. The minimum Gasteiger partial charge on any atom is -0.324 e. The highest BCUT2D eigenvalue weighted by Gasteiger charge is 2.22. The molecule has 1 amide bonds. The molecular weight excluding hydrogens is 396 g/mol. The first-order valence-corrected chi connectivity index (χ1v) is 11.1. The number of halogens is 1. The molecule has 0 radical (unpaired) electrons. The first-order chi connectivity index (χ1) is 13.3. The van der Waals surface area contributed by atoms with Crippen molar-refractivity contribution in [2.45, 2.75) is 12.8 Å². The van der Waals surface area contributed by atoms with E-state index in [4.69, 9.17) is 11.6 Å². The summed E-state index contributed by atoms with van der Waals surface area (Å²) in [6, 6.07) is 16.3. The van der Waals surface area contributed by atoms with Gasteiger partial charge in [-0.1, -0.05) is 35.9 Å². The van der Waals surface area contributed by atoms with Crippen molar-refractivity contribution in [2.75, 3.05) is 22.4 Å². The fraction of sp³-hybridized carbons (Fsp3) is 0.190. The SMILES string of the molecule is CS(=O)(=O)N(CC(=O)Nc1ccc2c3c(cccc13)CC2)c1ccc(Cl)cc1. The van der Waals surface area contributed by atoms with Gasteiger partial charge in [-0.25, -0.2) is 8.42 Å². The average Bonchev–Trinajstić information content (AvgIpc) is 3.07. The van der Waals surface area contributed by atoms with E-state index in [9.17, 15) is 13.2 Å². The number of carbonyl (C=O) groups excluding carboxylic acids is 1. The van der Waals surface area contributed by atoms with Gasteiger partial charge >= 0.3 is 0 Å². The third kappa shape index (κ3) is 3.57. The molecule has 0 saturated carbocycles. The smallest absolute Gasteiger partial charge is 0.245 e. The summed E-state index contributed by atoms with van der Waals surface area (Å²) in [6.07, 6.45) is 3.08. The largest absolute Gasteiger partial charge is 0.324 e. The van der Waals surface area contributed by atoms with Crippen LogP contribution in [-0.4, -0.2) is 27.1 Å². The van der Waals surface area contributed by atoms with Crippen molar-refractivity contribution in [3.05, 3.63) is 70.7 Å². The van der Waals surface area contributed by atoms with E-state index < -0.39 is 15.9 Å². The zero-order chi connectivity index (χ0) is 19.9. The van der Waals surface area contributed by atoms with Gasteiger partial charge in [0.25, 0.3) is 0 Å². The number of nitrogens with one attached hydrogen (secondary N) is 1. The fourth-order valence-corrected chi connectivity index (χ4v) is 4.67. The van der Waals surface area contributed by atoms with Gasteiger partial charge in [-0.05, 0) is 59.7 Å². The van der Waals surface area contributed by atoms with Crippen molar-refractivity contribution in [1.29, 1.82) is 0 Å². The summed E-state index contributed by atoms with van der Waals surface area (Å²) < 4.78 is 25.5. The molecule has 0 atom stereocenters. The Labute approximate surface area is 169 Å². The Kier molecular flexibility index (Phi) is 4.77. The van der Waals surface area contributed by atoms with Crippen LogP contribution >= 0.6 is 11.6 Å². The first-order valence-electron chi connectivity index (χ1n) is 8.89. The summed E-state index contributed by atoms with van der Waals surface area (Å²) in [4.78, 5) is 12.7. The van der Waals surface area contributed by atoms with Gasteiger partial charge in [0.2, 0.25) is 15.9 Å². The highest BCUT2D eigenvalue weighted by Crippen LogP contribution is 2.35. The average molecular weight is 415 g/mol. The number of hydrogen-bond donors (Lipinski definition) is 1. The van der Waals surface area contributed by atoms with Crippen molar-refractivity contribution < 1.29 is 13.2 Å². The fourth-order valence-electron chi connectivity index (χ4n) is 3.68. The molecule has 0 unspecified atom stereocenters. The lowest BCUT2D eigenvalue weighted by Crippen LogP contribution is -2.37. The van der Waals surface area contributed by atoms with Crippen molar-refractivity contribution >= 4 is 49.7 Å². The highest BCUT2D eigenvalue weighted by atomic mass is 35.5. The first kappa shape index (κ1) is 18.8. The van der Waals surface area contributed by atoms with Crippen LogP contribution < -0.4 is 9.62 Å². The van der Waals surface area contributed by atoms with Crippen LogP contribution in [0.15, 0.2) is 54.6 Å². The predicted molar refractivity (Wildman–Crippen MR) is 114 cm³/mol. The Hall–Kier alpha value is -2.57. The van der Waals surface area contributed by atoms with E-state index in [0.717, 1.165) is 28.8 Å². The summed E-state index contributed by atoms with van der Waals surface area (Å²) in [7, 11) is -3.63. The monoisotopic (exact) mass is 414 g/mol. The van der Waals surface area contributed by atoms with E-state index in [0.29, 0.717) is 16.4 Å². The number of anilines is 2. The van der Waals surface area contributed by atoms with Gasteiger partial charge in [-0.3, -0.25) is 9.10 Å². The van der Waals surface area contributed by atoms with Crippen LogP contribution in [0.2, 0.25) is 5.02 Å². The maximum atomic E-state index is 12.7. The molecule has 4 rings (SSSR count). The van der Waals surface area contributed by atoms with Gasteiger partial charge in [0.05, 0.1) is 11.9 Å². The van der Waals surface area contributed by atoms with Gasteiger partial charge in [0, 0.05) is 16.1 Å². The van der Waals surface area contributed by atoms with Crippen molar-refractivity contribution in [3.8, 4) is 0 Å². The third-order valence-electron chi connectivity index (χ3n) is 4.95. The molecule has 0 aromatic heterocycles. The second kappa shape index (κ2) is 7.11. The Morgan fingerprint density at radius 3 is 2.39 bits per heavy atom. The second-order valence-corrected chi connectivity index (χ2v) is 9.25. The molecule has 3 aromatic carbocycles. The summed E-state index contributed by atoms with van der Waals surface area (Å²) in [6.45, 7) is -0.316. The molecule has 0 bridgehead atoms. The number of rotatable bonds is 5. The Balaban J connectivity index is 1.62. The Morgan fingerprint density at radius 2 is 1.71 bits per heavy atom. The van der Waals surface area contributed by atoms with E-state index in [-0.39, 0.29) is 6.54 Å². The van der Waals surface area contributed by atoms with E-state index in [1.54, 1.807) is 24.3 Å². The molecule has 0 heterocycles. The molecule has 0 aliphatic heterocycles. The molecular formula is C21H19ClN2O3S. The van der Waals surface area contributed by atoms with Crippen LogP contribution in [0.4, 0.5) is 11.4 Å². The number of aryl methyl sites for hydroxylation is 2. The van der Waals surface area contributed by atoms with Crippen LogP contribution in [-0.2, 0) is 27.7 Å². The van der Waals surface area contributed by atoms with Gasteiger partial charge in [-0.2, -0.15) is 0 Å². The van der Waals surface area contributed by atoms with Gasteiger partial charge in [0.15, 0.2) is 0 Å². The number of carbonyl (C=O) groups is 1. The maximum absolute atomic E-state index is 12.7. The van der Waals surface area contributed by atoms with E-state index in [1.807, 2.05) is 24.3 Å². The molecule has 1 N–H and O–H groups in total. The number of sulfonamides is 1. The van der Waals surface area contributed by atoms with Crippen LogP contribution in [0.1, 0.15) is 11.1 Å². The quantitative estimate of drug-likeness (QED) is 0.686. The molecule has 1 aliphatic carbocycles. The van der Waals surface area contributed by atoms with E-state index in [2.05, 4.69) is 11.4 Å². The van der Waals surface area contributed by atoms with Crippen molar-refractivity contribution in [3.63, 3.8) is 0 Å². The molecule has 0 spiro atoms. The Bertz CT molecular complexity index is 1160. The highest BCUT2D eigenvalue weighted by molar-refractivity contribution is 7.92. The lowest BCUT2D eigenvalue weighted by molar-refractivity contribution is -0.114. The van der Waals surface area contributed by atoms with Gasteiger partial charge < -0.3 is 5.32 Å². The van der Waals surface area contributed by atoms with Crippen LogP contribution in [0.5, 0.6) is 0 Å². The standard InChI is InChI=1S/C21H19ClN2O3S/c1-28(26,27)24(17-10-8-16(22)9-11-17)13-20(25)23-19-12-7-15-6-5-14-3-2-4-18(19)21(14)15/h2-4,7-12H,5-6,13H2,1H3,(H,23,25). The molecule has 3 aromatic rings. The minimum atomic E-state index is -3.63. The topological polar surface area (TPSA) is 66.5 Å². The zero-order valence-corrected chi connectivity index (χ0v) is 16.8. The zero-order valence-electron chi connectivity index (χ0n) is 15.3.